The van der Waals surface area contributed by atoms with Gasteiger partial charge in [-0.05, 0) is 133 Å². The molecule has 12 rings (SSSR count). The summed E-state index contributed by atoms with van der Waals surface area (Å²) in [5.41, 5.74) is 24.6. The Bertz CT molecular complexity index is 3960. The number of hydrogen-bond donors (Lipinski definition) is 2. The number of nitrogen functional groups attached to an aromatic ring is 1. The fourth-order valence-corrected chi connectivity index (χ4v) is 7.10. The molecule has 0 atom stereocenters. The van der Waals surface area contributed by atoms with Gasteiger partial charge in [-0.3, -0.25) is 74.5 Å². The molecular formula is C65H51N17O5. The summed E-state index contributed by atoms with van der Waals surface area (Å²) in [5.74, 6) is -0.469. The summed E-state index contributed by atoms with van der Waals surface area (Å²) in [4.78, 5) is 87.0. The predicted octanol–water partition coefficient (Wildman–Crippen LogP) is 12.1. The summed E-state index contributed by atoms with van der Waals surface area (Å²) in [7, 11) is 1.56. The first-order valence-electron chi connectivity index (χ1n) is 25.9. The van der Waals surface area contributed by atoms with E-state index in [1.165, 1.54) is 24.9 Å². The van der Waals surface area contributed by atoms with E-state index in [1.54, 1.807) is 149 Å². The van der Waals surface area contributed by atoms with Crippen molar-refractivity contribution in [2.45, 2.75) is 0 Å². The molecule has 12 heterocycles. The molecule has 426 valence electrons. The molecule has 0 unspecified atom stereocenters. The van der Waals surface area contributed by atoms with E-state index in [4.69, 9.17) is 22.8 Å². The molecular weight excluding hydrogens is 1100 g/mol. The number of aliphatic imine (C=N–C) groups is 1. The van der Waals surface area contributed by atoms with E-state index >= 15 is 0 Å². The lowest BCUT2D eigenvalue weighted by molar-refractivity contribution is -0.385. The number of nitro groups is 1. The van der Waals surface area contributed by atoms with Gasteiger partial charge in [0.15, 0.2) is 12.7 Å². The van der Waals surface area contributed by atoms with E-state index in [0.717, 1.165) is 73.8 Å². The second-order valence-corrected chi connectivity index (χ2v) is 17.3. The zero-order valence-corrected chi connectivity index (χ0v) is 46.3. The van der Waals surface area contributed by atoms with Crippen LogP contribution in [0.25, 0.3) is 72.4 Å². The van der Waals surface area contributed by atoms with Crippen molar-refractivity contribution in [2.75, 3.05) is 12.8 Å². The Labute approximate surface area is 499 Å². The summed E-state index contributed by atoms with van der Waals surface area (Å²) in [6.45, 7) is 6.79. The van der Waals surface area contributed by atoms with E-state index in [-0.39, 0.29) is 5.69 Å². The average Bonchev–Trinajstić information content (AvgIpc) is 3.77. The molecule has 22 heteroatoms. The molecule has 87 heavy (non-hydrogen) atoms. The summed E-state index contributed by atoms with van der Waals surface area (Å²) >= 11 is 0. The van der Waals surface area contributed by atoms with Crippen LogP contribution in [0.5, 0.6) is 0 Å². The van der Waals surface area contributed by atoms with E-state index in [2.05, 4.69) is 69.6 Å². The maximum Gasteiger partial charge on any atom is 0.287 e. The molecule has 0 spiro atoms. The van der Waals surface area contributed by atoms with Crippen molar-refractivity contribution in [3.8, 4) is 67.5 Å². The highest BCUT2D eigenvalue weighted by molar-refractivity contribution is 5.92. The number of nitrogens with two attached hydrogens (primary N) is 2. The minimum atomic E-state index is -0.469. The van der Waals surface area contributed by atoms with Gasteiger partial charge in [0.1, 0.15) is 6.20 Å². The standard InChI is InChI=1S/C12H11N3O.C11H9N3O.C11H7N3.C11H8N2O.C10H7N3O2.C10H9N3/c1-16-9-15-11-2-3-12(14-8-11)10-4-6-13-7-5-10;12-11(15)9-1-2-10(14-7-9)8-3-5-13-6-4-8;1-12-10-2-3-11(14-8-10)9-4-6-13-7-5-9;14-8-9-1-2-11(13-7-9)10-3-5-12-6-4-10;14-13(15)9-1-2-10(12-7-9)8-3-5-11-6-4-8;11-9-1-2-10(13-7-9)8-3-5-12-6-4-8/h2-9H,1H3;1-7H,(H2,12,15);2-8H;1-8H;1-7H;1-7H,11H2. The van der Waals surface area contributed by atoms with Crippen molar-refractivity contribution >= 4 is 41.3 Å². The number of rotatable bonds is 11. The SMILES string of the molecule is COC=Nc1ccc(-c2ccncc2)nc1.NC(=O)c1ccc(-c2ccncc2)nc1.Nc1ccc(-c2ccncc2)nc1.O=Cc1ccc(-c2ccncc2)nc1.O=[N+]([O-])c1ccc(-c2ccncc2)nc1.[C-]#[N+]c1ccc(-c2ccncc2)nc1. The first kappa shape index (κ1) is 61.7. The molecule has 22 nitrogen and oxygen atoms in total. The Morgan fingerprint density at radius 2 is 0.851 bits per heavy atom. The molecule has 0 fully saturated rings. The Morgan fingerprint density at radius 1 is 0.483 bits per heavy atom. The highest BCUT2D eigenvalue weighted by Crippen LogP contribution is 2.22. The second kappa shape index (κ2) is 33.8. The smallest absolute Gasteiger partial charge is 0.287 e. The zero-order valence-electron chi connectivity index (χ0n) is 46.3. The van der Waals surface area contributed by atoms with Crippen LogP contribution in [0.1, 0.15) is 20.7 Å². The van der Waals surface area contributed by atoms with Crippen molar-refractivity contribution in [1.29, 1.82) is 0 Å². The molecule has 0 aliphatic carbocycles. The molecule has 0 aromatic carbocycles. The van der Waals surface area contributed by atoms with Crippen LogP contribution in [0.3, 0.4) is 0 Å². The number of carbonyl (C=O) groups excluding carboxylic acids is 2. The van der Waals surface area contributed by atoms with Gasteiger partial charge in [-0.1, -0.05) is 6.07 Å². The Balaban J connectivity index is 0.000000149. The van der Waals surface area contributed by atoms with E-state index in [0.29, 0.717) is 28.2 Å². The first-order valence-corrected chi connectivity index (χ1v) is 25.9. The van der Waals surface area contributed by atoms with Gasteiger partial charge in [0, 0.05) is 138 Å². The van der Waals surface area contributed by atoms with Gasteiger partial charge in [-0.25, -0.2) is 14.8 Å². The Morgan fingerprint density at radius 3 is 1.14 bits per heavy atom. The van der Waals surface area contributed by atoms with Crippen LogP contribution in [-0.4, -0.2) is 90.4 Å². The largest absolute Gasteiger partial charge is 0.486 e. The molecule has 0 radical (unpaired) electrons. The number of methoxy groups -OCH3 is 1. The van der Waals surface area contributed by atoms with E-state index in [9.17, 15) is 19.7 Å². The molecule has 0 aliphatic heterocycles. The summed E-state index contributed by atoms with van der Waals surface area (Å²) in [6, 6.07) is 43.7. The lowest BCUT2D eigenvalue weighted by Gasteiger charge is -2.00. The van der Waals surface area contributed by atoms with Crippen LogP contribution in [0.2, 0.25) is 0 Å². The molecule has 0 saturated carbocycles. The van der Waals surface area contributed by atoms with Gasteiger partial charge in [0.25, 0.3) is 5.69 Å². The van der Waals surface area contributed by atoms with Gasteiger partial charge in [0.2, 0.25) is 11.6 Å². The second-order valence-electron chi connectivity index (χ2n) is 17.3. The highest BCUT2D eigenvalue weighted by atomic mass is 16.6. The normalized spacial score (nSPS) is 9.89. The van der Waals surface area contributed by atoms with Crippen molar-refractivity contribution in [3.63, 3.8) is 0 Å². The lowest BCUT2D eigenvalue weighted by Crippen LogP contribution is -2.10. The summed E-state index contributed by atoms with van der Waals surface area (Å²) in [5, 5.41) is 10.4. The maximum atomic E-state index is 10.8. The number of aldehydes is 1. The number of nitrogens with zero attached hydrogens (tertiary/aromatic N) is 15. The molecule has 12 aromatic heterocycles. The third-order valence-electron chi connectivity index (χ3n) is 11.5. The maximum absolute atomic E-state index is 10.8. The number of primary amides is 1. The van der Waals surface area contributed by atoms with Crippen LogP contribution in [-0.2, 0) is 4.74 Å². The fourth-order valence-electron chi connectivity index (χ4n) is 7.10. The van der Waals surface area contributed by atoms with Gasteiger partial charge >= 0.3 is 0 Å². The number of anilines is 1. The van der Waals surface area contributed by atoms with Crippen LogP contribution in [0, 0.1) is 16.7 Å². The van der Waals surface area contributed by atoms with Crippen LogP contribution in [0.15, 0.2) is 262 Å². The number of hydrogen-bond acceptors (Lipinski definition) is 19. The number of carbonyl (C=O) groups is 2. The highest BCUT2D eigenvalue weighted by Gasteiger charge is 2.07. The summed E-state index contributed by atoms with van der Waals surface area (Å²) in [6.07, 6.45) is 31.9. The minimum Gasteiger partial charge on any atom is -0.486 e. The number of amides is 1. The average molecular weight is 1150 g/mol. The molecule has 0 aliphatic rings. The van der Waals surface area contributed by atoms with Crippen molar-refractivity contribution in [3.05, 3.63) is 290 Å². The number of pyridine rings is 12. The van der Waals surface area contributed by atoms with Crippen molar-refractivity contribution in [1.82, 2.24) is 59.8 Å². The Kier molecular flexibility index (Phi) is 23.9. The Hall–Kier alpha value is -12.9. The van der Waals surface area contributed by atoms with Gasteiger partial charge in [-0.2, -0.15) is 0 Å². The van der Waals surface area contributed by atoms with E-state index < -0.39 is 10.8 Å². The monoisotopic (exact) mass is 1150 g/mol. The number of ether oxygens (including phenoxy) is 1. The third kappa shape index (κ3) is 20.2. The molecule has 0 bridgehead atoms. The van der Waals surface area contributed by atoms with Crippen LogP contribution < -0.4 is 11.5 Å². The fraction of sp³-hybridized carbons (Fsp3) is 0.0154. The first-order chi connectivity index (χ1) is 42.6. The molecule has 0 saturated heterocycles. The quantitative estimate of drug-likeness (QED) is 0.0303. The summed E-state index contributed by atoms with van der Waals surface area (Å²) < 4.78 is 4.73. The van der Waals surface area contributed by atoms with Crippen molar-refractivity contribution in [2.24, 2.45) is 10.7 Å². The van der Waals surface area contributed by atoms with Crippen LogP contribution in [0.4, 0.5) is 22.7 Å². The number of aromatic nitrogens is 12. The minimum absolute atomic E-state index is 0.00666. The molecule has 12 aromatic rings. The van der Waals surface area contributed by atoms with Crippen molar-refractivity contribution < 1.29 is 19.2 Å². The molecule has 4 N–H and O–H groups in total. The predicted molar refractivity (Wildman–Crippen MR) is 331 cm³/mol. The van der Waals surface area contributed by atoms with Gasteiger partial charge in [0.05, 0.1) is 82.1 Å². The lowest BCUT2D eigenvalue weighted by atomic mass is 10.1. The van der Waals surface area contributed by atoms with Gasteiger partial charge in [-0.15, -0.1) is 0 Å². The van der Waals surface area contributed by atoms with E-state index in [1.807, 2.05) is 97.1 Å². The topological polar surface area (TPSA) is 310 Å². The molecule has 1 amide bonds. The third-order valence-corrected chi connectivity index (χ3v) is 11.5. The van der Waals surface area contributed by atoms with Gasteiger partial charge < -0.3 is 16.2 Å². The van der Waals surface area contributed by atoms with Crippen LogP contribution >= 0.6 is 0 Å². The zero-order chi connectivity index (χ0) is 61.3.